The predicted octanol–water partition coefficient (Wildman–Crippen LogP) is 2.97. The summed E-state index contributed by atoms with van der Waals surface area (Å²) in [5.41, 5.74) is 2.08. The van der Waals surface area contributed by atoms with Gasteiger partial charge < -0.3 is 5.11 Å². The predicted molar refractivity (Wildman–Crippen MR) is 61.8 cm³/mol. The molecule has 0 amide bonds. The molecular formula is C11H16O3S. The van der Waals surface area contributed by atoms with Crippen molar-refractivity contribution >= 4 is 23.1 Å². The molecule has 15 heavy (non-hydrogen) atoms. The summed E-state index contributed by atoms with van der Waals surface area (Å²) in [5.74, 6) is -0.649. The van der Waals surface area contributed by atoms with E-state index in [4.69, 9.17) is 9.90 Å². The number of aryl methyl sites for hydroxylation is 2. The topological polar surface area (TPSA) is 54.4 Å². The van der Waals surface area contributed by atoms with Gasteiger partial charge in [0.2, 0.25) is 0 Å². The van der Waals surface area contributed by atoms with Gasteiger partial charge in [0, 0.05) is 22.2 Å². The SMILES string of the molecule is CC(=O)O.CC(=O)c1c(C)sc(C)c1C. The van der Waals surface area contributed by atoms with Crippen molar-refractivity contribution in [2.75, 3.05) is 0 Å². The second-order valence-corrected chi connectivity index (χ2v) is 4.72. The highest BCUT2D eigenvalue weighted by Gasteiger charge is 2.11. The molecular weight excluding hydrogens is 212 g/mol. The van der Waals surface area contributed by atoms with Gasteiger partial charge in [-0.15, -0.1) is 11.3 Å². The van der Waals surface area contributed by atoms with E-state index in [2.05, 4.69) is 6.92 Å². The first-order chi connectivity index (χ1) is 6.77. The van der Waals surface area contributed by atoms with Crippen molar-refractivity contribution in [3.63, 3.8) is 0 Å². The molecule has 1 aromatic rings. The first kappa shape index (κ1) is 13.8. The number of carboxylic acids is 1. The Hall–Kier alpha value is -1.16. The summed E-state index contributed by atoms with van der Waals surface area (Å²) >= 11 is 1.70. The normalized spacial score (nSPS) is 9.13. The van der Waals surface area contributed by atoms with Crippen molar-refractivity contribution in [3.05, 3.63) is 20.9 Å². The Bertz CT molecular complexity index is 373. The fourth-order valence-corrected chi connectivity index (χ4v) is 2.42. The number of hydrogen-bond acceptors (Lipinski definition) is 3. The second kappa shape index (κ2) is 5.66. The highest BCUT2D eigenvalue weighted by atomic mass is 32.1. The molecule has 0 saturated carbocycles. The number of Topliss-reactive ketones (excluding diaryl/α,β-unsaturated/α-hetero) is 1. The van der Waals surface area contributed by atoms with Gasteiger partial charge >= 0.3 is 0 Å². The Morgan fingerprint density at radius 1 is 1.07 bits per heavy atom. The van der Waals surface area contributed by atoms with E-state index in [0.29, 0.717) is 0 Å². The van der Waals surface area contributed by atoms with E-state index in [1.54, 1.807) is 18.3 Å². The number of carboxylic acid groups (broad SMARTS) is 1. The lowest BCUT2D eigenvalue weighted by atomic mass is 10.1. The third-order valence-corrected chi connectivity index (χ3v) is 3.04. The van der Waals surface area contributed by atoms with Crippen LogP contribution in [0.4, 0.5) is 0 Å². The average molecular weight is 228 g/mol. The van der Waals surface area contributed by atoms with Gasteiger partial charge in [0.1, 0.15) is 0 Å². The van der Waals surface area contributed by atoms with Gasteiger partial charge in [-0.1, -0.05) is 0 Å². The molecule has 0 aliphatic carbocycles. The molecule has 1 heterocycles. The van der Waals surface area contributed by atoms with E-state index in [-0.39, 0.29) is 5.78 Å². The lowest BCUT2D eigenvalue weighted by Gasteiger charge is -1.94. The zero-order chi connectivity index (χ0) is 12.2. The minimum Gasteiger partial charge on any atom is -0.481 e. The van der Waals surface area contributed by atoms with Crippen LogP contribution in [-0.4, -0.2) is 16.9 Å². The summed E-state index contributed by atoms with van der Waals surface area (Å²) in [6.45, 7) is 8.78. The van der Waals surface area contributed by atoms with Gasteiger partial charge in [-0.3, -0.25) is 9.59 Å². The maximum Gasteiger partial charge on any atom is 0.300 e. The molecule has 4 heteroatoms. The van der Waals surface area contributed by atoms with Crippen molar-refractivity contribution in [1.29, 1.82) is 0 Å². The standard InChI is InChI=1S/C9H12OS.C2H4O2/c1-5-7(3)11-8(4)9(5)6(2)10;1-2(3)4/h1-4H3;1H3,(H,3,4). The van der Waals surface area contributed by atoms with Gasteiger partial charge in [0.25, 0.3) is 5.97 Å². The van der Waals surface area contributed by atoms with Crippen molar-refractivity contribution < 1.29 is 14.7 Å². The maximum absolute atomic E-state index is 11.1. The van der Waals surface area contributed by atoms with E-state index < -0.39 is 5.97 Å². The van der Waals surface area contributed by atoms with Crippen LogP contribution in [0.5, 0.6) is 0 Å². The van der Waals surface area contributed by atoms with Crippen LogP contribution in [0, 0.1) is 20.8 Å². The summed E-state index contributed by atoms with van der Waals surface area (Å²) in [4.78, 5) is 22.5. The molecule has 1 aromatic heterocycles. The van der Waals surface area contributed by atoms with Gasteiger partial charge in [0.15, 0.2) is 5.78 Å². The molecule has 1 rings (SSSR count). The fourth-order valence-electron chi connectivity index (χ4n) is 1.31. The molecule has 84 valence electrons. The third kappa shape index (κ3) is 4.25. The highest BCUT2D eigenvalue weighted by Crippen LogP contribution is 2.26. The van der Waals surface area contributed by atoms with Crippen molar-refractivity contribution in [3.8, 4) is 0 Å². The van der Waals surface area contributed by atoms with E-state index in [1.807, 2.05) is 13.8 Å². The number of aliphatic carboxylic acids is 1. The molecule has 0 radical (unpaired) electrons. The third-order valence-electron chi connectivity index (χ3n) is 1.91. The molecule has 1 N–H and O–H groups in total. The molecule has 0 aliphatic rings. The number of carbonyl (C=O) groups excluding carboxylic acids is 1. The number of thiophene rings is 1. The monoisotopic (exact) mass is 228 g/mol. The van der Waals surface area contributed by atoms with Crippen LogP contribution in [0.1, 0.15) is 39.5 Å². The number of rotatable bonds is 1. The van der Waals surface area contributed by atoms with Gasteiger partial charge in [-0.25, -0.2) is 0 Å². The van der Waals surface area contributed by atoms with Gasteiger partial charge in [-0.2, -0.15) is 0 Å². The van der Waals surface area contributed by atoms with Crippen molar-refractivity contribution in [2.24, 2.45) is 0 Å². The van der Waals surface area contributed by atoms with Crippen LogP contribution in [0.25, 0.3) is 0 Å². The minimum absolute atomic E-state index is 0.185. The van der Waals surface area contributed by atoms with Crippen LogP contribution in [0.15, 0.2) is 0 Å². The lowest BCUT2D eigenvalue weighted by Crippen LogP contribution is -1.94. The largest absolute Gasteiger partial charge is 0.481 e. The molecule has 0 spiro atoms. The quantitative estimate of drug-likeness (QED) is 0.752. The van der Waals surface area contributed by atoms with Crippen LogP contribution in [0.2, 0.25) is 0 Å². The second-order valence-electron chi connectivity index (χ2n) is 3.29. The van der Waals surface area contributed by atoms with Crippen molar-refractivity contribution in [1.82, 2.24) is 0 Å². The highest BCUT2D eigenvalue weighted by molar-refractivity contribution is 7.12. The van der Waals surface area contributed by atoms with Gasteiger partial charge in [0.05, 0.1) is 0 Å². The Balaban J connectivity index is 0.000000423. The summed E-state index contributed by atoms with van der Waals surface area (Å²) in [6.07, 6.45) is 0. The number of ketones is 1. The van der Waals surface area contributed by atoms with Crippen LogP contribution >= 0.6 is 11.3 Å². The van der Waals surface area contributed by atoms with Crippen molar-refractivity contribution in [2.45, 2.75) is 34.6 Å². The zero-order valence-electron chi connectivity index (χ0n) is 9.67. The smallest absolute Gasteiger partial charge is 0.300 e. The summed E-state index contributed by atoms with van der Waals surface area (Å²) in [7, 11) is 0. The van der Waals surface area contributed by atoms with Gasteiger partial charge in [-0.05, 0) is 33.3 Å². The number of carbonyl (C=O) groups is 2. The summed E-state index contributed by atoms with van der Waals surface area (Å²) in [6, 6.07) is 0. The van der Waals surface area contributed by atoms with E-state index >= 15 is 0 Å². The minimum atomic E-state index is -0.833. The molecule has 3 nitrogen and oxygen atoms in total. The van der Waals surface area contributed by atoms with E-state index in [1.165, 1.54) is 4.88 Å². The Morgan fingerprint density at radius 3 is 1.60 bits per heavy atom. The average Bonchev–Trinajstić information content (AvgIpc) is 2.24. The van der Waals surface area contributed by atoms with Crippen LogP contribution in [-0.2, 0) is 4.79 Å². The van der Waals surface area contributed by atoms with Crippen LogP contribution < -0.4 is 0 Å². The first-order valence-corrected chi connectivity index (χ1v) is 5.36. The molecule has 0 unspecified atom stereocenters. The fraction of sp³-hybridized carbons (Fsp3) is 0.455. The molecule has 0 atom stereocenters. The summed E-state index contributed by atoms with van der Waals surface area (Å²) in [5, 5.41) is 7.42. The van der Waals surface area contributed by atoms with E-state index in [9.17, 15) is 4.79 Å². The van der Waals surface area contributed by atoms with Crippen LogP contribution in [0.3, 0.4) is 0 Å². The Morgan fingerprint density at radius 2 is 1.47 bits per heavy atom. The Labute approximate surface area is 93.7 Å². The maximum atomic E-state index is 11.1. The van der Waals surface area contributed by atoms with E-state index in [0.717, 1.165) is 22.9 Å². The first-order valence-electron chi connectivity index (χ1n) is 4.54. The molecule has 0 aliphatic heterocycles. The zero-order valence-corrected chi connectivity index (χ0v) is 10.5. The molecule has 0 fully saturated rings. The summed E-state index contributed by atoms with van der Waals surface area (Å²) < 4.78 is 0. The molecule has 0 aromatic carbocycles. The Kier molecular flexibility index (Phi) is 5.22. The molecule has 0 saturated heterocycles. The lowest BCUT2D eigenvalue weighted by molar-refractivity contribution is -0.134. The number of hydrogen-bond donors (Lipinski definition) is 1. The molecule has 0 bridgehead atoms.